The normalized spacial score (nSPS) is 25.7. The summed E-state index contributed by atoms with van der Waals surface area (Å²) >= 11 is 0. The van der Waals surface area contributed by atoms with E-state index >= 15 is 0 Å². The zero-order valence-corrected chi connectivity index (χ0v) is 16.6. The fourth-order valence-corrected chi connectivity index (χ4v) is 4.32. The lowest BCUT2D eigenvalue weighted by atomic mass is 9.75. The molecule has 0 bridgehead atoms. The van der Waals surface area contributed by atoms with E-state index in [-0.39, 0.29) is 13.4 Å². The Morgan fingerprint density at radius 2 is 1.60 bits per heavy atom. The van der Waals surface area contributed by atoms with Crippen LogP contribution in [0, 0.1) is 5.92 Å². The molecule has 0 saturated carbocycles. The highest BCUT2D eigenvalue weighted by Gasteiger charge is 2.59. The van der Waals surface area contributed by atoms with E-state index in [1.807, 2.05) is 0 Å². The Hall–Kier alpha value is -3.33. The summed E-state index contributed by atoms with van der Waals surface area (Å²) in [5, 5.41) is 11.1. The fourth-order valence-electron chi connectivity index (χ4n) is 4.32. The predicted molar refractivity (Wildman–Crippen MR) is 101 cm³/mol. The number of hydrogen-bond acceptors (Lipinski definition) is 9. The van der Waals surface area contributed by atoms with Crippen molar-refractivity contribution in [2.24, 2.45) is 5.92 Å². The van der Waals surface area contributed by atoms with Crippen LogP contribution in [0.3, 0.4) is 0 Å². The molecule has 158 valence electrons. The van der Waals surface area contributed by atoms with E-state index in [4.69, 9.17) is 33.2 Å². The van der Waals surface area contributed by atoms with Gasteiger partial charge in [-0.3, -0.25) is 4.79 Å². The van der Waals surface area contributed by atoms with Gasteiger partial charge in [0.2, 0.25) is 12.5 Å². The summed E-state index contributed by atoms with van der Waals surface area (Å²) in [5.41, 5.74) is 1.32. The van der Waals surface area contributed by atoms with E-state index in [1.165, 1.54) is 21.3 Å². The first kappa shape index (κ1) is 18.7. The van der Waals surface area contributed by atoms with E-state index in [0.29, 0.717) is 45.6 Å². The lowest BCUT2D eigenvalue weighted by molar-refractivity contribution is -0.173. The quantitative estimate of drug-likeness (QED) is 0.748. The third-order valence-electron chi connectivity index (χ3n) is 5.67. The number of carbonyl (C=O) groups is 1. The molecule has 0 radical (unpaired) electrons. The van der Waals surface area contributed by atoms with Crippen LogP contribution < -0.4 is 28.4 Å². The Labute approximate surface area is 172 Å². The van der Waals surface area contributed by atoms with Crippen molar-refractivity contribution in [3.63, 3.8) is 0 Å². The van der Waals surface area contributed by atoms with E-state index in [0.717, 1.165) is 0 Å². The Balaban J connectivity index is 1.75. The largest absolute Gasteiger partial charge is 0.493 e. The molecule has 9 heteroatoms. The van der Waals surface area contributed by atoms with Gasteiger partial charge in [-0.05, 0) is 23.8 Å². The van der Waals surface area contributed by atoms with Gasteiger partial charge in [-0.15, -0.1) is 0 Å². The van der Waals surface area contributed by atoms with E-state index < -0.39 is 23.6 Å². The molecule has 0 spiro atoms. The number of benzene rings is 2. The number of cyclic esters (lactones) is 1. The minimum absolute atomic E-state index is 0.0861. The predicted octanol–water partition coefficient (Wildman–Crippen LogP) is 1.83. The number of methoxy groups -OCH3 is 3. The van der Waals surface area contributed by atoms with Gasteiger partial charge in [-0.2, -0.15) is 0 Å². The van der Waals surface area contributed by atoms with Gasteiger partial charge in [0.1, 0.15) is 11.7 Å². The Bertz CT molecular complexity index is 1010. The molecule has 3 aliphatic rings. The molecule has 30 heavy (non-hydrogen) atoms. The summed E-state index contributed by atoms with van der Waals surface area (Å²) in [5.74, 6) is -1.28. The highest BCUT2D eigenvalue weighted by molar-refractivity contribution is 5.80. The van der Waals surface area contributed by atoms with Crippen LogP contribution in [0.4, 0.5) is 0 Å². The topological polar surface area (TPSA) is 102 Å². The highest BCUT2D eigenvalue weighted by atomic mass is 16.7. The van der Waals surface area contributed by atoms with Crippen molar-refractivity contribution in [3.8, 4) is 34.5 Å². The van der Waals surface area contributed by atoms with Crippen molar-refractivity contribution < 1.29 is 43.1 Å². The van der Waals surface area contributed by atoms with Gasteiger partial charge < -0.3 is 38.3 Å². The van der Waals surface area contributed by atoms with Crippen LogP contribution >= 0.6 is 0 Å². The van der Waals surface area contributed by atoms with Crippen LogP contribution in [0.1, 0.15) is 17.0 Å². The van der Waals surface area contributed by atoms with E-state index in [2.05, 4.69) is 0 Å². The summed E-state index contributed by atoms with van der Waals surface area (Å²) in [4.78, 5) is 12.7. The molecular weight excluding hydrogens is 396 g/mol. The van der Waals surface area contributed by atoms with Crippen LogP contribution in [-0.2, 0) is 9.53 Å². The van der Waals surface area contributed by atoms with Gasteiger partial charge >= 0.3 is 5.97 Å². The SMILES string of the molecule is COc1cc([C@H]2c3cc4c(cc3OC3(O)COC(=O)[C@@H]23)OCO4)cc(OC)c1OC. The monoisotopic (exact) mass is 416 g/mol. The minimum atomic E-state index is -1.82. The van der Waals surface area contributed by atoms with Crippen molar-refractivity contribution in [3.05, 3.63) is 35.4 Å². The second-order valence-corrected chi connectivity index (χ2v) is 7.21. The molecule has 0 aromatic heterocycles. The van der Waals surface area contributed by atoms with Crippen LogP contribution in [0.5, 0.6) is 34.5 Å². The van der Waals surface area contributed by atoms with Crippen molar-refractivity contribution in [1.29, 1.82) is 0 Å². The molecule has 3 atom stereocenters. The molecule has 2 aromatic rings. The molecule has 2 aromatic carbocycles. The lowest BCUT2D eigenvalue weighted by Crippen LogP contribution is -2.50. The molecule has 1 fully saturated rings. The van der Waals surface area contributed by atoms with Gasteiger partial charge in [0, 0.05) is 17.5 Å². The second-order valence-electron chi connectivity index (χ2n) is 7.21. The van der Waals surface area contributed by atoms with Gasteiger partial charge in [0.05, 0.1) is 21.3 Å². The van der Waals surface area contributed by atoms with Gasteiger partial charge in [0.15, 0.2) is 29.6 Å². The summed E-state index contributed by atoms with van der Waals surface area (Å²) < 4.78 is 38.3. The number of rotatable bonds is 4. The molecule has 0 aliphatic carbocycles. The maximum Gasteiger partial charge on any atom is 0.317 e. The molecule has 1 saturated heterocycles. The average molecular weight is 416 g/mol. The molecular formula is C21H20O9. The molecule has 5 rings (SSSR count). The number of esters is 1. The molecule has 3 heterocycles. The smallest absolute Gasteiger partial charge is 0.317 e. The van der Waals surface area contributed by atoms with Crippen molar-refractivity contribution in [2.75, 3.05) is 34.7 Å². The zero-order chi connectivity index (χ0) is 21.0. The number of ether oxygens (including phenoxy) is 7. The number of hydrogen-bond donors (Lipinski definition) is 1. The first-order chi connectivity index (χ1) is 14.5. The molecule has 9 nitrogen and oxygen atoms in total. The lowest BCUT2D eigenvalue weighted by Gasteiger charge is -2.38. The fraction of sp³-hybridized carbons (Fsp3) is 0.381. The summed E-state index contributed by atoms with van der Waals surface area (Å²) in [7, 11) is 4.53. The summed E-state index contributed by atoms with van der Waals surface area (Å²) in [6.07, 6.45) is 0. The number of carbonyl (C=O) groups excluding carboxylic acids is 1. The van der Waals surface area contributed by atoms with Crippen LogP contribution in [0.15, 0.2) is 24.3 Å². The zero-order valence-electron chi connectivity index (χ0n) is 16.6. The van der Waals surface area contributed by atoms with E-state index in [1.54, 1.807) is 24.3 Å². The second kappa shape index (κ2) is 6.60. The molecule has 0 amide bonds. The Morgan fingerprint density at radius 1 is 0.933 bits per heavy atom. The summed E-state index contributed by atoms with van der Waals surface area (Å²) in [6.45, 7) is -0.186. The van der Waals surface area contributed by atoms with E-state index in [9.17, 15) is 9.90 Å². The number of fused-ring (bicyclic) bond motifs is 3. The van der Waals surface area contributed by atoms with Crippen molar-refractivity contribution >= 4 is 5.97 Å². The van der Waals surface area contributed by atoms with Gasteiger partial charge in [-0.1, -0.05) is 0 Å². The van der Waals surface area contributed by atoms with Crippen molar-refractivity contribution in [1.82, 2.24) is 0 Å². The average Bonchev–Trinajstić information content (AvgIpc) is 3.32. The van der Waals surface area contributed by atoms with Crippen LogP contribution in [0.2, 0.25) is 0 Å². The van der Waals surface area contributed by atoms with Gasteiger partial charge in [-0.25, -0.2) is 0 Å². The molecule has 1 N–H and O–H groups in total. The minimum Gasteiger partial charge on any atom is -0.493 e. The molecule has 3 aliphatic heterocycles. The Morgan fingerprint density at radius 3 is 2.23 bits per heavy atom. The third-order valence-corrected chi connectivity index (χ3v) is 5.67. The first-order valence-corrected chi connectivity index (χ1v) is 9.30. The van der Waals surface area contributed by atoms with Crippen molar-refractivity contribution in [2.45, 2.75) is 11.7 Å². The van der Waals surface area contributed by atoms with Gasteiger partial charge in [0.25, 0.3) is 5.79 Å². The maximum absolute atomic E-state index is 12.7. The standard InChI is InChI=1S/C21H20O9/c1-24-15-4-10(5-16(25-2)19(15)26-3)17-11-6-13-14(29-9-28-13)7-12(11)30-21(23)8-27-20(22)18(17)21/h4-7,17-18,23H,8-9H2,1-3H3/t17-,18+,21?/m0/s1. The highest BCUT2D eigenvalue weighted by Crippen LogP contribution is 2.55. The molecule has 1 unspecified atom stereocenters. The van der Waals surface area contributed by atoms with Crippen LogP contribution in [0.25, 0.3) is 0 Å². The maximum atomic E-state index is 12.7. The first-order valence-electron chi connectivity index (χ1n) is 9.30. The Kier molecular flexibility index (Phi) is 4.11. The number of aliphatic hydroxyl groups is 1. The summed E-state index contributed by atoms with van der Waals surface area (Å²) in [6, 6.07) is 6.91. The van der Waals surface area contributed by atoms with Crippen LogP contribution in [-0.4, -0.2) is 51.6 Å². The third kappa shape index (κ3) is 2.55.